The number of halogens is 1. The summed E-state index contributed by atoms with van der Waals surface area (Å²) in [5.41, 5.74) is 0.718. The normalized spacial score (nSPS) is 27.6. The van der Waals surface area contributed by atoms with E-state index in [0.717, 1.165) is 42.7 Å². The Bertz CT molecular complexity index is 682. The van der Waals surface area contributed by atoms with Crippen LogP contribution in [0.5, 0.6) is 0 Å². The van der Waals surface area contributed by atoms with Gasteiger partial charge in [-0.15, -0.1) is 11.3 Å². The minimum Gasteiger partial charge on any atom is -0.396 e. The van der Waals surface area contributed by atoms with Crippen molar-refractivity contribution in [3.8, 4) is 0 Å². The third-order valence-electron chi connectivity index (χ3n) is 5.02. The summed E-state index contributed by atoms with van der Waals surface area (Å²) in [7, 11) is 0. The first-order valence-electron chi connectivity index (χ1n) is 8.78. The van der Waals surface area contributed by atoms with E-state index in [1.165, 1.54) is 4.88 Å². The number of rotatable bonds is 4. The predicted octanol–water partition coefficient (Wildman–Crippen LogP) is 2.29. The van der Waals surface area contributed by atoms with Crippen LogP contribution < -0.4 is 0 Å². The van der Waals surface area contributed by atoms with E-state index in [4.69, 9.17) is 16.3 Å². The van der Waals surface area contributed by atoms with Gasteiger partial charge in [0.15, 0.2) is 0 Å². The highest BCUT2D eigenvalue weighted by Crippen LogP contribution is 2.37. The fraction of sp³-hybridized carbons (Fsp3) is 0.647. The summed E-state index contributed by atoms with van der Waals surface area (Å²) >= 11 is 8.02. The van der Waals surface area contributed by atoms with E-state index in [0.29, 0.717) is 19.1 Å². The molecule has 0 saturated carbocycles. The number of thiophene rings is 1. The van der Waals surface area contributed by atoms with Crippen molar-refractivity contribution in [1.82, 2.24) is 19.8 Å². The van der Waals surface area contributed by atoms with E-state index in [-0.39, 0.29) is 18.3 Å². The zero-order valence-corrected chi connectivity index (χ0v) is 15.6. The van der Waals surface area contributed by atoms with Crippen molar-refractivity contribution in [2.24, 2.45) is 5.92 Å². The Morgan fingerprint density at radius 3 is 3.04 bits per heavy atom. The fourth-order valence-electron chi connectivity index (χ4n) is 3.84. The van der Waals surface area contributed by atoms with Crippen LogP contribution in [0.25, 0.3) is 10.2 Å². The van der Waals surface area contributed by atoms with Gasteiger partial charge in [-0.2, -0.15) is 0 Å². The molecule has 0 aromatic carbocycles. The highest BCUT2D eigenvalue weighted by Gasteiger charge is 2.34. The molecule has 3 unspecified atom stereocenters. The van der Waals surface area contributed by atoms with Gasteiger partial charge >= 0.3 is 0 Å². The van der Waals surface area contributed by atoms with Gasteiger partial charge in [0, 0.05) is 37.3 Å². The Balaban J connectivity index is 1.67. The summed E-state index contributed by atoms with van der Waals surface area (Å²) in [6.45, 7) is 4.40. The molecule has 3 atom stereocenters. The molecule has 2 fully saturated rings. The van der Waals surface area contributed by atoms with Crippen LogP contribution in [0.1, 0.15) is 23.9 Å². The first kappa shape index (κ1) is 17.6. The van der Waals surface area contributed by atoms with Gasteiger partial charge in [0.1, 0.15) is 11.9 Å². The second-order valence-corrected chi connectivity index (χ2v) is 8.36. The minimum absolute atomic E-state index is 0.152. The molecule has 2 aromatic rings. The standard InChI is InChI=1S/C17H23ClN4O2S/c18-16-9-22(4-5-24-16)17(21-3-1-2-12(8-21)10-23)14-6-13-15(25-14)7-19-11-20-13/h6-7,11-12,16-17,23H,1-5,8-10H2. The van der Waals surface area contributed by atoms with Crippen molar-refractivity contribution >= 4 is 33.2 Å². The van der Waals surface area contributed by atoms with Crippen molar-refractivity contribution in [2.75, 3.05) is 39.4 Å². The highest BCUT2D eigenvalue weighted by molar-refractivity contribution is 7.19. The summed E-state index contributed by atoms with van der Waals surface area (Å²) in [6.07, 6.45) is 5.84. The molecule has 4 rings (SSSR count). The molecular formula is C17H23ClN4O2S. The number of piperidine rings is 1. The Morgan fingerprint density at radius 2 is 2.24 bits per heavy atom. The number of ether oxygens (including phenoxy) is 1. The lowest BCUT2D eigenvalue weighted by atomic mass is 9.98. The molecule has 2 saturated heterocycles. The Kier molecular flexibility index (Phi) is 5.50. The van der Waals surface area contributed by atoms with Gasteiger partial charge in [-0.3, -0.25) is 9.80 Å². The summed E-state index contributed by atoms with van der Waals surface area (Å²) < 4.78 is 6.63. The molecule has 0 amide bonds. The van der Waals surface area contributed by atoms with Gasteiger partial charge in [0.05, 0.1) is 23.0 Å². The van der Waals surface area contributed by atoms with Crippen LogP contribution in [-0.4, -0.2) is 69.8 Å². The maximum atomic E-state index is 9.63. The number of hydrogen-bond acceptors (Lipinski definition) is 7. The van der Waals surface area contributed by atoms with Gasteiger partial charge < -0.3 is 9.84 Å². The molecule has 1 N–H and O–H groups in total. The molecule has 0 radical (unpaired) electrons. The summed E-state index contributed by atoms with van der Waals surface area (Å²) in [4.78, 5) is 14.7. The minimum atomic E-state index is -0.274. The molecule has 2 aromatic heterocycles. The van der Waals surface area contributed by atoms with E-state index in [2.05, 4.69) is 25.8 Å². The van der Waals surface area contributed by atoms with Crippen LogP contribution in [0, 0.1) is 5.92 Å². The van der Waals surface area contributed by atoms with Gasteiger partial charge in [0.25, 0.3) is 0 Å². The molecule has 0 aliphatic carbocycles. The summed E-state index contributed by atoms with van der Waals surface area (Å²) in [5, 5.41) is 9.63. The molecule has 0 bridgehead atoms. The van der Waals surface area contributed by atoms with E-state index in [9.17, 15) is 5.11 Å². The molecule has 0 spiro atoms. The fourth-order valence-corrected chi connectivity index (χ4v) is 5.26. The van der Waals surface area contributed by atoms with E-state index >= 15 is 0 Å². The van der Waals surface area contributed by atoms with E-state index in [1.807, 2.05) is 6.20 Å². The number of hydrogen-bond donors (Lipinski definition) is 1. The smallest absolute Gasteiger partial charge is 0.143 e. The van der Waals surface area contributed by atoms with Crippen molar-refractivity contribution in [2.45, 2.75) is 24.6 Å². The average Bonchev–Trinajstić information content (AvgIpc) is 3.05. The van der Waals surface area contributed by atoms with Crippen molar-refractivity contribution in [1.29, 1.82) is 0 Å². The van der Waals surface area contributed by atoms with Crippen LogP contribution in [-0.2, 0) is 4.74 Å². The second-order valence-electron chi connectivity index (χ2n) is 6.76. The number of nitrogens with zero attached hydrogens (tertiary/aromatic N) is 4. The number of aliphatic hydroxyl groups excluding tert-OH is 1. The summed E-state index contributed by atoms with van der Waals surface area (Å²) in [5.74, 6) is 0.346. The van der Waals surface area contributed by atoms with Gasteiger partial charge in [0.2, 0.25) is 0 Å². The van der Waals surface area contributed by atoms with E-state index < -0.39 is 0 Å². The summed E-state index contributed by atoms with van der Waals surface area (Å²) in [6, 6.07) is 2.17. The van der Waals surface area contributed by atoms with Crippen LogP contribution >= 0.6 is 22.9 Å². The molecule has 25 heavy (non-hydrogen) atoms. The molecular weight excluding hydrogens is 360 g/mol. The lowest BCUT2D eigenvalue weighted by Crippen LogP contribution is -2.51. The van der Waals surface area contributed by atoms with Crippen molar-refractivity contribution < 1.29 is 9.84 Å². The Labute approximate surface area is 156 Å². The average molecular weight is 383 g/mol. The first-order chi connectivity index (χ1) is 12.2. The largest absolute Gasteiger partial charge is 0.396 e. The molecule has 4 heterocycles. The SMILES string of the molecule is OCC1CCCN(C(c2cc3ncncc3s2)N2CCOC(Cl)C2)C1. The van der Waals surface area contributed by atoms with Crippen LogP contribution in [0.4, 0.5) is 0 Å². The topological polar surface area (TPSA) is 61.7 Å². The lowest BCUT2D eigenvalue weighted by molar-refractivity contribution is -0.0605. The van der Waals surface area contributed by atoms with Crippen LogP contribution in [0.3, 0.4) is 0 Å². The van der Waals surface area contributed by atoms with Crippen molar-refractivity contribution in [3.05, 3.63) is 23.5 Å². The molecule has 136 valence electrons. The number of aromatic nitrogens is 2. The molecule has 2 aliphatic heterocycles. The third kappa shape index (κ3) is 3.82. The quantitative estimate of drug-likeness (QED) is 0.819. The van der Waals surface area contributed by atoms with E-state index in [1.54, 1.807) is 17.7 Å². The van der Waals surface area contributed by atoms with Gasteiger partial charge in [-0.25, -0.2) is 9.97 Å². The number of alkyl halides is 1. The van der Waals surface area contributed by atoms with Crippen molar-refractivity contribution in [3.63, 3.8) is 0 Å². The predicted molar refractivity (Wildman–Crippen MR) is 98.7 cm³/mol. The monoisotopic (exact) mass is 382 g/mol. The lowest BCUT2D eigenvalue weighted by Gasteiger charge is -2.44. The van der Waals surface area contributed by atoms with Gasteiger partial charge in [-0.1, -0.05) is 11.6 Å². The van der Waals surface area contributed by atoms with Crippen LogP contribution in [0.2, 0.25) is 0 Å². The van der Waals surface area contributed by atoms with Crippen LogP contribution in [0.15, 0.2) is 18.6 Å². The number of morpholine rings is 1. The molecule has 8 heteroatoms. The zero-order valence-electron chi connectivity index (χ0n) is 14.1. The Morgan fingerprint density at radius 1 is 1.36 bits per heavy atom. The number of fused-ring (bicyclic) bond motifs is 1. The van der Waals surface area contributed by atoms with Gasteiger partial charge in [-0.05, 0) is 31.4 Å². The highest BCUT2D eigenvalue weighted by atomic mass is 35.5. The number of likely N-dealkylation sites (tertiary alicyclic amines) is 1. The zero-order chi connectivity index (χ0) is 17.2. The molecule has 2 aliphatic rings. The second kappa shape index (κ2) is 7.82. The number of aliphatic hydroxyl groups is 1. The maximum absolute atomic E-state index is 9.63. The Hall–Kier alpha value is -0.830. The maximum Gasteiger partial charge on any atom is 0.143 e. The molecule has 6 nitrogen and oxygen atoms in total. The third-order valence-corrected chi connectivity index (χ3v) is 6.39. The first-order valence-corrected chi connectivity index (χ1v) is 10.0.